The van der Waals surface area contributed by atoms with Gasteiger partial charge in [-0.25, -0.2) is 0 Å². The number of carbonyl (C=O) groups excluding carboxylic acids is 2. The van der Waals surface area contributed by atoms with Gasteiger partial charge in [-0.2, -0.15) is 0 Å². The van der Waals surface area contributed by atoms with Crippen LogP contribution in [-0.4, -0.2) is 47.8 Å². The maximum atomic E-state index is 12.7. The van der Waals surface area contributed by atoms with Crippen molar-refractivity contribution in [3.63, 3.8) is 0 Å². The first-order valence-electron chi connectivity index (χ1n) is 8.18. The lowest BCUT2D eigenvalue weighted by molar-refractivity contribution is 0.0717. The summed E-state index contributed by atoms with van der Waals surface area (Å²) in [5.41, 5.74) is 1.27. The van der Waals surface area contributed by atoms with Crippen molar-refractivity contribution in [3.8, 4) is 0 Å². The number of amides is 2. The minimum absolute atomic E-state index is 0.00481. The summed E-state index contributed by atoms with van der Waals surface area (Å²) in [7, 11) is 0. The Kier molecular flexibility index (Phi) is 5.81. The van der Waals surface area contributed by atoms with Crippen LogP contribution in [0.5, 0.6) is 0 Å². The summed E-state index contributed by atoms with van der Waals surface area (Å²) >= 11 is 7.78. The van der Waals surface area contributed by atoms with Crippen molar-refractivity contribution in [2.75, 3.05) is 26.2 Å². The highest BCUT2D eigenvalue weighted by atomic mass is 79.9. The van der Waals surface area contributed by atoms with Gasteiger partial charge in [0.15, 0.2) is 0 Å². The molecule has 0 bridgehead atoms. The van der Waals surface area contributed by atoms with Gasteiger partial charge in [-0.05, 0) is 36.8 Å². The average Bonchev–Trinajstić information content (AvgIpc) is 2.87. The minimum atomic E-state index is -0.0256. The molecular formula is C19H19BrN2O2S. The molecule has 0 saturated carbocycles. The van der Waals surface area contributed by atoms with Crippen molar-refractivity contribution in [2.45, 2.75) is 11.3 Å². The molecule has 1 fully saturated rings. The number of halogens is 1. The van der Waals surface area contributed by atoms with E-state index in [0.717, 1.165) is 10.9 Å². The predicted octanol–water partition coefficient (Wildman–Crippen LogP) is 3.73. The second-order valence-electron chi connectivity index (χ2n) is 5.97. The minimum Gasteiger partial charge on any atom is -0.337 e. The van der Waals surface area contributed by atoms with E-state index in [-0.39, 0.29) is 11.8 Å². The molecule has 0 spiro atoms. The molecule has 1 saturated heterocycles. The molecule has 2 amide bonds. The molecule has 1 heterocycles. The fourth-order valence-electron chi connectivity index (χ4n) is 2.95. The Hall–Kier alpha value is -1.79. The molecule has 0 unspecified atom stereocenters. The van der Waals surface area contributed by atoms with Gasteiger partial charge in [0.1, 0.15) is 0 Å². The lowest BCUT2D eigenvalue weighted by atomic mass is 10.2. The third-order valence-corrected chi connectivity index (χ3v) is 5.16. The van der Waals surface area contributed by atoms with Gasteiger partial charge in [-0.15, -0.1) is 12.6 Å². The molecule has 0 aliphatic carbocycles. The van der Waals surface area contributed by atoms with E-state index in [1.807, 2.05) is 52.3 Å². The molecule has 3 rings (SSSR count). The van der Waals surface area contributed by atoms with E-state index >= 15 is 0 Å². The number of benzene rings is 2. The summed E-state index contributed by atoms with van der Waals surface area (Å²) in [6.45, 7) is 2.35. The summed E-state index contributed by atoms with van der Waals surface area (Å²) in [6, 6.07) is 14.7. The van der Waals surface area contributed by atoms with Crippen molar-refractivity contribution < 1.29 is 9.59 Å². The summed E-state index contributed by atoms with van der Waals surface area (Å²) in [4.78, 5) is 29.7. The first kappa shape index (κ1) is 18.0. The fourth-order valence-corrected chi connectivity index (χ4v) is 3.61. The normalized spacial score (nSPS) is 15.0. The van der Waals surface area contributed by atoms with E-state index < -0.39 is 0 Å². The molecule has 2 aromatic carbocycles. The number of carbonyl (C=O) groups is 2. The van der Waals surface area contributed by atoms with E-state index in [4.69, 9.17) is 0 Å². The number of nitrogens with zero attached hydrogens (tertiary/aromatic N) is 2. The van der Waals surface area contributed by atoms with Gasteiger partial charge in [0.2, 0.25) is 0 Å². The molecule has 25 heavy (non-hydrogen) atoms. The van der Waals surface area contributed by atoms with Crippen LogP contribution in [0.25, 0.3) is 0 Å². The number of hydrogen-bond donors (Lipinski definition) is 1. The van der Waals surface area contributed by atoms with Gasteiger partial charge in [0, 0.05) is 41.1 Å². The van der Waals surface area contributed by atoms with Crippen molar-refractivity contribution in [3.05, 3.63) is 64.1 Å². The van der Waals surface area contributed by atoms with Gasteiger partial charge in [0.25, 0.3) is 11.8 Å². The average molecular weight is 419 g/mol. The Morgan fingerprint density at radius 1 is 0.880 bits per heavy atom. The van der Waals surface area contributed by atoms with Gasteiger partial charge < -0.3 is 9.80 Å². The Bertz CT molecular complexity index is 796. The molecule has 1 aliphatic heterocycles. The van der Waals surface area contributed by atoms with Crippen LogP contribution in [0, 0.1) is 0 Å². The van der Waals surface area contributed by atoms with E-state index in [1.165, 1.54) is 0 Å². The summed E-state index contributed by atoms with van der Waals surface area (Å²) < 4.78 is 0.885. The first-order valence-corrected chi connectivity index (χ1v) is 9.42. The second kappa shape index (κ2) is 8.06. The van der Waals surface area contributed by atoms with Gasteiger partial charge in [-0.1, -0.05) is 34.1 Å². The monoisotopic (exact) mass is 418 g/mol. The summed E-state index contributed by atoms with van der Waals surface area (Å²) in [6.07, 6.45) is 0.764. The van der Waals surface area contributed by atoms with Crippen LogP contribution in [0.1, 0.15) is 27.1 Å². The summed E-state index contributed by atoms with van der Waals surface area (Å²) in [5.74, 6) is -0.0208. The highest BCUT2D eigenvalue weighted by Crippen LogP contribution is 2.18. The van der Waals surface area contributed by atoms with Crippen molar-refractivity contribution in [1.82, 2.24) is 9.80 Å². The molecule has 1 aliphatic rings. The molecule has 0 atom stereocenters. The maximum Gasteiger partial charge on any atom is 0.255 e. The zero-order valence-corrected chi connectivity index (χ0v) is 16.2. The van der Waals surface area contributed by atoms with Crippen LogP contribution in [0.4, 0.5) is 0 Å². The number of rotatable bonds is 2. The van der Waals surface area contributed by atoms with E-state index in [9.17, 15) is 9.59 Å². The largest absolute Gasteiger partial charge is 0.337 e. The fraction of sp³-hybridized carbons (Fsp3) is 0.263. The third-order valence-electron chi connectivity index (χ3n) is 4.28. The van der Waals surface area contributed by atoms with Crippen molar-refractivity contribution >= 4 is 40.4 Å². The quantitative estimate of drug-likeness (QED) is 0.754. The molecular weight excluding hydrogens is 400 g/mol. The Balaban J connectivity index is 1.69. The van der Waals surface area contributed by atoms with E-state index in [2.05, 4.69) is 28.6 Å². The van der Waals surface area contributed by atoms with Crippen LogP contribution in [-0.2, 0) is 0 Å². The zero-order chi connectivity index (χ0) is 17.8. The maximum absolute atomic E-state index is 12.7. The van der Waals surface area contributed by atoms with Crippen LogP contribution < -0.4 is 0 Å². The van der Waals surface area contributed by atoms with Gasteiger partial charge >= 0.3 is 0 Å². The summed E-state index contributed by atoms with van der Waals surface area (Å²) in [5, 5.41) is 0. The molecule has 2 aromatic rings. The van der Waals surface area contributed by atoms with Crippen LogP contribution in [0.3, 0.4) is 0 Å². The second-order valence-corrected chi connectivity index (χ2v) is 7.36. The van der Waals surface area contributed by atoms with E-state index in [1.54, 1.807) is 6.07 Å². The highest BCUT2D eigenvalue weighted by Gasteiger charge is 2.24. The van der Waals surface area contributed by atoms with Crippen LogP contribution in [0.2, 0.25) is 0 Å². The first-order chi connectivity index (χ1) is 12.1. The predicted molar refractivity (Wildman–Crippen MR) is 104 cm³/mol. The van der Waals surface area contributed by atoms with Crippen LogP contribution >= 0.6 is 28.6 Å². The van der Waals surface area contributed by atoms with Crippen LogP contribution in [0.15, 0.2) is 57.9 Å². The van der Waals surface area contributed by atoms with Gasteiger partial charge in [-0.3, -0.25) is 9.59 Å². The highest BCUT2D eigenvalue weighted by molar-refractivity contribution is 9.10. The Morgan fingerprint density at radius 2 is 1.56 bits per heavy atom. The van der Waals surface area contributed by atoms with Crippen molar-refractivity contribution in [1.29, 1.82) is 0 Å². The van der Waals surface area contributed by atoms with Crippen molar-refractivity contribution in [2.24, 2.45) is 0 Å². The zero-order valence-electron chi connectivity index (χ0n) is 13.7. The molecule has 130 valence electrons. The number of hydrogen-bond acceptors (Lipinski definition) is 3. The Morgan fingerprint density at radius 3 is 2.24 bits per heavy atom. The van der Waals surface area contributed by atoms with Gasteiger partial charge in [0.05, 0.1) is 5.56 Å². The molecule has 0 aromatic heterocycles. The topological polar surface area (TPSA) is 40.6 Å². The SMILES string of the molecule is O=C(c1cccc(Br)c1)N1CCCN(C(=O)c2ccccc2S)CC1. The molecule has 6 heteroatoms. The Labute approximate surface area is 161 Å². The molecule has 0 radical (unpaired) electrons. The van der Waals surface area contributed by atoms with E-state index in [0.29, 0.717) is 42.2 Å². The lowest BCUT2D eigenvalue weighted by Gasteiger charge is -2.23. The number of thiol groups is 1. The smallest absolute Gasteiger partial charge is 0.255 e. The molecule has 0 N–H and O–H groups in total. The lowest BCUT2D eigenvalue weighted by Crippen LogP contribution is -2.37. The molecule has 4 nitrogen and oxygen atoms in total. The third kappa shape index (κ3) is 4.25. The standard InChI is InChI=1S/C19H19BrN2O2S/c20-15-6-3-5-14(13-15)18(23)21-9-4-10-22(12-11-21)19(24)16-7-1-2-8-17(16)25/h1-3,5-8,13,25H,4,9-12H2.